The molecular formula is C17H18F2N2O3S. The maximum absolute atomic E-state index is 13.3. The minimum Gasteiger partial charge on any atom is -0.496 e. The van der Waals surface area contributed by atoms with Crippen LogP contribution in [-0.2, 0) is 22.9 Å². The average Bonchev–Trinajstić information content (AvgIpc) is 2.56. The lowest BCUT2D eigenvalue weighted by Gasteiger charge is -2.25. The summed E-state index contributed by atoms with van der Waals surface area (Å²) in [7, 11) is -2.45. The van der Waals surface area contributed by atoms with Crippen molar-refractivity contribution in [3.05, 3.63) is 53.1 Å². The monoisotopic (exact) mass is 368 g/mol. The first-order valence-electron chi connectivity index (χ1n) is 7.74. The van der Waals surface area contributed by atoms with Crippen molar-refractivity contribution in [2.75, 3.05) is 11.8 Å². The molecule has 3 N–H and O–H groups in total. The van der Waals surface area contributed by atoms with E-state index in [1.165, 1.54) is 19.2 Å². The summed E-state index contributed by atoms with van der Waals surface area (Å²) >= 11 is 0. The molecule has 0 spiro atoms. The third-order valence-corrected chi connectivity index (χ3v) is 5.72. The molecule has 0 bridgehead atoms. The Kier molecular flexibility index (Phi) is 4.66. The first-order chi connectivity index (χ1) is 11.8. The maximum atomic E-state index is 13.3. The molecule has 0 aliphatic heterocycles. The molecule has 0 fully saturated rings. The topological polar surface area (TPSA) is 81.4 Å². The maximum Gasteiger partial charge on any atom is 0.262 e. The zero-order chi connectivity index (χ0) is 18.2. The van der Waals surface area contributed by atoms with E-state index in [1.807, 2.05) is 0 Å². The van der Waals surface area contributed by atoms with Gasteiger partial charge >= 0.3 is 0 Å². The molecule has 5 nitrogen and oxygen atoms in total. The van der Waals surface area contributed by atoms with E-state index in [4.69, 9.17) is 10.5 Å². The van der Waals surface area contributed by atoms with Gasteiger partial charge in [0.05, 0.1) is 17.7 Å². The highest BCUT2D eigenvalue weighted by atomic mass is 32.2. The number of halogens is 2. The van der Waals surface area contributed by atoms with Crippen molar-refractivity contribution in [2.45, 2.75) is 30.2 Å². The number of anilines is 1. The van der Waals surface area contributed by atoms with Crippen LogP contribution in [0.4, 0.5) is 14.5 Å². The molecule has 0 unspecified atom stereocenters. The standard InChI is InChI=1S/C17H18F2N2O3S/c1-24-16-6-7-17(12-4-2-10(20)8-13(12)16)25(22,23)21-11-3-5-14(18)15(19)9-11/h3,5-7,9-10,21H,2,4,8,20H2,1H3/t10-/m0/s1. The second kappa shape index (κ2) is 6.61. The van der Waals surface area contributed by atoms with Gasteiger partial charge < -0.3 is 10.5 Å². The Hall–Kier alpha value is -2.19. The van der Waals surface area contributed by atoms with E-state index in [0.717, 1.165) is 17.7 Å². The number of rotatable bonds is 4. The molecule has 0 amide bonds. The fourth-order valence-corrected chi connectivity index (χ4v) is 4.40. The van der Waals surface area contributed by atoms with Crippen molar-refractivity contribution in [3.63, 3.8) is 0 Å². The van der Waals surface area contributed by atoms with E-state index in [2.05, 4.69) is 4.72 Å². The third-order valence-electron chi connectivity index (χ3n) is 4.26. The van der Waals surface area contributed by atoms with Gasteiger partial charge in [-0.25, -0.2) is 17.2 Å². The van der Waals surface area contributed by atoms with E-state index in [0.29, 0.717) is 30.6 Å². The SMILES string of the molecule is COc1ccc(S(=O)(=O)Nc2ccc(F)c(F)c2)c2c1C[C@@H](N)CC2. The van der Waals surface area contributed by atoms with Crippen LogP contribution in [0.2, 0.25) is 0 Å². The number of nitrogens with one attached hydrogen (secondary N) is 1. The van der Waals surface area contributed by atoms with Gasteiger partial charge in [0, 0.05) is 17.7 Å². The lowest BCUT2D eigenvalue weighted by atomic mass is 9.88. The van der Waals surface area contributed by atoms with Crippen molar-refractivity contribution in [2.24, 2.45) is 5.73 Å². The first-order valence-corrected chi connectivity index (χ1v) is 9.22. The summed E-state index contributed by atoms with van der Waals surface area (Å²) in [6.07, 6.45) is 1.68. The molecule has 2 aromatic rings. The summed E-state index contributed by atoms with van der Waals surface area (Å²) in [5.74, 6) is -1.57. The van der Waals surface area contributed by atoms with Crippen molar-refractivity contribution in [3.8, 4) is 5.75 Å². The zero-order valence-corrected chi connectivity index (χ0v) is 14.4. The molecule has 0 heterocycles. The number of methoxy groups -OCH3 is 1. The highest BCUT2D eigenvalue weighted by Crippen LogP contribution is 2.34. The Bertz CT molecular complexity index is 916. The largest absolute Gasteiger partial charge is 0.496 e. The van der Waals surface area contributed by atoms with Crippen LogP contribution in [0, 0.1) is 11.6 Å². The van der Waals surface area contributed by atoms with Gasteiger partial charge in [-0.1, -0.05) is 0 Å². The van der Waals surface area contributed by atoms with Crippen LogP contribution in [0.15, 0.2) is 35.2 Å². The molecule has 2 aromatic carbocycles. The Morgan fingerprint density at radius 3 is 2.60 bits per heavy atom. The van der Waals surface area contributed by atoms with E-state index in [9.17, 15) is 17.2 Å². The fourth-order valence-electron chi connectivity index (χ4n) is 3.05. The summed E-state index contributed by atoms with van der Waals surface area (Å²) in [6, 6.07) is 5.82. The van der Waals surface area contributed by atoms with Crippen LogP contribution in [0.3, 0.4) is 0 Å². The molecule has 25 heavy (non-hydrogen) atoms. The molecule has 1 aliphatic rings. The van der Waals surface area contributed by atoms with E-state index < -0.39 is 21.7 Å². The van der Waals surface area contributed by atoms with Crippen LogP contribution >= 0.6 is 0 Å². The number of nitrogens with two attached hydrogens (primary N) is 1. The number of benzene rings is 2. The Morgan fingerprint density at radius 1 is 1.16 bits per heavy atom. The lowest BCUT2D eigenvalue weighted by molar-refractivity contribution is 0.402. The van der Waals surface area contributed by atoms with Crippen LogP contribution in [0.25, 0.3) is 0 Å². The Balaban J connectivity index is 2.02. The molecule has 1 aliphatic carbocycles. The first kappa shape index (κ1) is 17.6. The summed E-state index contributed by atoms with van der Waals surface area (Å²) in [4.78, 5) is 0.0972. The molecule has 0 saturated heterocycles. The molecule has 0 radical (unpaired) electrons. The molecule has 1 atom stereocenters. The molecular weight excluding hydrogens is 350 g/mol. The lowest BCUT2D eigenvalue weighted by Crippen LogP contribution is -2.29. The number of sulfonamides is 1. The van der Waals surface area contributed by atoms with Gasteiger partial charge in [-0.05, 0) is 49.1 Å². The molecule has 8 heteroatoms. The quantitative estimate of drug-likeness (QED) is 0.869. The van der Waals surface area contributed by atoms with Gasteiger partial charge in [0.25, 0.3) is 10.0 Å². The van der Waals surface area contributed by atoms with E-state index in [1.54, 1.807) is 6.07 Å². The van der Waals surface area contributed by atoms with Gasteiger partial charge in [0.2, 0.25) is 0 Å². The highest BCUT2D eigenvalue weighted by Gasteiger charge is 2.27. The van der Waals surface area contributed by atoms with Crippen LogP contribution in [-0.4, -0.2) is 21.6 Å². The summed E-state index contributed by atoms with van der Waals surface area (Å²) in [5, 5.41) is 0. The smallest absolute Gasteiger partial charge is 0.262 e. The number of fused-ring (bicyclic) bond motifs is 1. The third kappa shape index (κ3) is 3.45. The fraction of sp³-hybridized carbons (Fsp3) is 0.294. The zero-order valence-electron chi connectivity index (χ0n) is 13.6. The summed E-state index contributed by atoms with van der Waals surface area (Å²) in [6.45, 7) is 0. The second-order valence-electron chi connectivity index (χ2n) is 5.96. The highest BCUT2D eigenvalue weighted by molar-refractivity contribution is 7.92. The average molecular weight is 368 g/mol. The van der Waals surface area contributed by atoms with Crippen LogP contribution in [0.5, 0.6) is 5.75 Å². The molecule has 0 saturated carbocycles. The minimum absolute atomic E-state index is 0.0454. The van der Waals surface area contributed by atoms with Crippen LogP contribution < -0.4 is 15.2 Å². The molecule has 134 valence electrons. The number of ether oxygens (including phenoxy) is 1. The minimum atomic E-state index is -3.96. The van der Waals surface area contributed by atoms with Crippen molar-refractivity contribution in [1.82, 2.24) is 0 Å². The van der Waals surface area contributed by atoms with E-state index >= 15 is 0 Å². The van der Waals surface area contributed by atoms with Gasteiger partial charge in [-0.3, -0.25) is 4.72 Å². The van der Waals surface area contributed by atoms with Crippen molar-refractivity contribution >= 4 is 15.7 Å². The van der Waals surface area contributed by atoms with Gasteiger partial charge in [-0.15, -0.1) is 0 Å². The normalized spacial score (nSPS) is 17.0. The van der Waals surface area contributed by atoms with Gasteiger partial charge in [0.15, 0.2) is 11.6 Å². The van der Waals surface area contributed by atoms with Crippen molar-refractivity contribution < 1.29 is 21.9 Å². The van der Waals surface area contributed by atoms with Gasteiger partial charge in [-0.2, -0.15) is 0 Å². The predicted molar refractivity (Wildman–Crippen MR) is 90.2 cm³/mol. The number of hydrogen-bond donors (Lipinski definition) is 2. The van der Waals surface area contributed by atoms with Crippen molar-refractivity contribution in [1.29, 1.82) is 0 Å². The Morgan fingerprint density at radius 2 is 1.92 bits per heavy atom. The number of hydrogen-bond acceptors (Lipinski definition) is 4. The predicted octanol–water partition coefficient (Wildman–Crippen LogP) is 2.59. The van der Waals surface area contributed by atoms with Gasteiger partial charge in [0.1, 0.15) is 5.75 Å². The Labute approximate surface area is 144 Å². The summed E-state index contributed by atoms with van der Waals surface area (Å²) in [5.41, 5.74) is 7.37. The molecule has 3 rings (SSSR count). The second-order valence-corrected chi connectivity index (χ2v) is 7.61. The molecule has 0 aromatic heterocycles. The summed E-state index contributed by atoms with van der Waals surface area (Å²) < 4.78 is 59.5. The van der Waals surface area contributed by atoms with Crippen LogP contribution in [0.1, 0.15) is 17.5 Å². The van der Waals surface area contributed by atoms with E-state index in [-0.39, 0.29) is 16.6 Å².